The number of carboxylic acid groups (broad SMARTS) is 1. The Bertz CT molecular complexity index is 984. The first-order valence-electron chi connectivity index (χ1n) is 8.26. The highest BCUT2D eigenvalue weighted by Crippen LogP contribution is 2.37. The molecule has 3 rings (SSSR count). The number of hydrogen-bond acceptors (Lipinski definition) is 6. The predicted octanol–water partition coefficient (Wildman–Crippen LogP) is 3.71. The normalized spacial score (nSPS) is 15.2. The maximum atomic E-state index is 12.7. The molecule has 1 N–H and O–H groups in total. The van der Waals surface area contributed by atoms with E-state index in [-0.39, 0.29) is 15.9 Å². The molecule has 0 spiro atoms. The van der Waals surface area contributed by atoms with Crippen LogP contribution < -0.4 is 14.4 Å². The Morgan fingerprint density at radius 1 is 1.18 bits per heavy atom. The minimum absolute atomic E-state index is 0.273. The molecular formula is C20H17NO6S. The van der Waals surface area contributed by atoms with Gasteiger partial charge in [0.2, 0.25) is 0 Å². The van der Waals surface area contributed by atoms with Gasteiger partial charge < -0.3 is 14.6 Å². The second kappa shape index (κ2) is 8.18. The van der Waals surface area contributed by atoms with Crippen molar-refractivity contribution in [1.29, 1.82) is 0 Å². The fourth-order valence-corrected chi connectivity index (χ4v) is 3.48. The number of imide groups is 1. The van der Waals surface area contributed by atoms with Crippen molar-refractivity contribution in [1.82, 2.24) is 0 Å². The van der Waals surface area contributed by atoms with Crippen LogP contribution in [0.2, 0.25) is 0 Å². The number of ether oxygens (including phenoxy) is 2. The first-order valence-corrected chi connectivity index (χ1v) is 9.08. The number of rotatable bonds is 6. The fourth-order valence-electron chi connectivity index (χ4n) is 2.64. The number of carboxylic acids is 1. The number of carbonyl (C=O) groups is 3. The third-order valence-electron chi connectivity index (χ3n) is 3.89. The lowest BCUT2D eigenvalue weighted by molar-refractivity contribution is -0.139. The summed E-state index contributed by atoms with van der Waals surface area (Å²) in [6, 6.07) is 12.0. The quantitative estimate of drug-likeness (QED) is 0.740. The van der Waals surface area contributed by atoms with E-state index in [4.69, 9.17) is 14.6 Å². The second-order valence-corrected chi connectivity index (χ2v) is 6.94. The molecule has 1 aliphatic rings. The van der Waals surface area contributed by atoms with E-state index in [9.17, 15) is 14.4 Å². The maximum Gasteiger partial charge on any atom is 0.341 e. The summed E-state index contributed by atoms with van der Waals surface area (Å²) in [5, 5.41) is 8.35. The maximum absolute atomic E-state index is 12.7. The Hall–Kier alpha value is -3.26. The minimum atomic E-state index is -1.10. The molecule has 0 atom stereocenters. The van der Waals surface area contributed by atoms with Gasteiger partial charge in [0, 0.05) is 0 Å². The molecule has 2 amide bonds. The topological polar surface area (TPSA) is 93.1 Å². The Balaban J connectivity index is 1.86. The number of nitrogens with zero attached hydrogens (tertiary/aromatic N) is 1. The van der Waals surface area contributed by atoms with Crippen LogP contribution in [0.15, 0.2) is 47.4 Å². The predicted molar refractivity (Wildman–Crippen MR) is 106 cm³/mol. The van der Waals surface area contributed by atoms with Gasteiger partial charge in [-0.25, -0.2) is 9.69 Å². The van der Waals surface area contributed by atoms with Crippen LogP contribution in [0.5, 0.6) is 11.5 Å². The first-order chi connectivity index (χ1) is 13.4. The summed E-state index contributed by atoms with van der Waals surface area (Å²) >= 11 is 0.858. The second-order valence-electron chi connectivity index (χ2n) is 5.95. The molecule has 0 aliphatic carbocycles. The molecule has 1 aliphatic heterocycles. The van der Waals surface area contributed by atoms with Crippen LogP contribution in [0.1, 0.15) is 11.1 Å². The summed E-state index contributed by atoms with van der Waals surface area (Å²) in [6.45, 7) is 1.39. The summed E-state index contributed by atoms with van der Waals surface area (Å²) in [7, 11) is 1.43. The van der Waals surface area contributed by atoms with Crippen molar-refractivity contribution in [2.75, 3.05) is 18.6 Å². The van der Waals surface area contributed by atoms with Gasteiger partial charge in [-0.3, -0.25) is 9.59 Å². The lowest BCUT2D eigenvalue weighted by atomic mass is 10.1. The molecule has 0 unspecified atom stereocenters. The molecule has 0 bridgehead atoms. The Morgan fingerprint density at radius 3 is 2.64 bits per heavy atom. The summed E-state index contributed by atoms with van der Waals surface area (Å²) in [5.41, 5.74) is 2.09. The number of amides is 2. The van der Waals surface area contributed by atoms with Crippen LogP contribution in [0.25, 0.3) is 6.08 Å². The molecule has 8 heteroatoms. The number of hydrogen-bond donors (Lipinski definition) is 1. The summed E-state index contributed by atoms with van der Waals surface area (Å²) in [5.74, 6) is -0.899. The van der Waals surface area contributed by atoms with E-state index < -0.39 is 18.5 Å². The number of thioether (sulfide) groups is 1. The average Bonchev–Trinajstić information content (AvgIpc) is 2.93. The average molecular weight is 399 g/mol. The first kappa shape index (κ1) is 19.5. The van der Waals surface area contributed by atoms with Crippen LogP contribution >= 0.6 is 11.8 Å². The van der Waals surface area contributed by atoms with Gasteiger partial charge >= 0.3 is 5.97 Å². The SMILES string of the molecule is COc1cc(/C=C2\SC(=O)N(c3cccc(C)c3)C2=O)ccc1OCC(=O)O. The van der Waals surface area contributed by atoms with Gasteiger partial charge in [0.15, 0.2) is 18.1 Å². The van der Waals surface area contributed by atoms with Crippen LogP contribution in [0, 0.1) is 6.92 Å². The van der Waals surface area contributed by atoms with E-state index in [1.54, 1.807) is 42.5 Å². The number of anilines is 1. The van der Waals surface area contributed by atoms with Crippen molar-refractivity contribution < 1.29 is 29.0 Å². The van der Waals surface area contributed by atoms with Crippen LogP contribution in [0.3, 0.4) is 0 Å². The molecule has 0 aromatic heterocycles. The zero-order valence-corrected chi connectivity index (χ0v) is 16.0. The van der Waals surface area contributed by atoms with Crippen molar-refractivity contribution in [3.05, 3.63) is 58.5 Å². The van der Waals surface area contributed by atoms with E-state index in [2.05, 4.69) is 0 Å². The molecule has 1 fully saturated rings. The van der Waals surface area contributed by atoms with Gasteiger partial charge in [-0.2, -0.15) is 0 Å². The zero-order chi connectivity index (χ0) is 20.3. The third kappa shape index (κ3) is 4.17. The standard InChI is InChI=1S/C20H17NO6S/c1-12-4-3-5-14(8-12)21-19(24)17(28-20(21)25)10-13-6-7-15(16(9-13)26-2)27-11-18(22)23/h3-10H,11H2,1-2H3,(H,22,23)/b17-10-. The van der Waals surface area contributed by atoms with Crippen molar-refractivity contribution in [3.63, 3.8) is 0 Å². The Morgan fingerprint density at radius 2 is 1.96 bits per heavy atom. The van der Waals surface area contributed by atoms with Gasteiger partial charge in [-0.05, 0) is 60.2 Å². The molecule has 144 valence electrons. The number of aryl methyl sites for hydroxylation is 1. The summed E-state index contributed by atoms with van der Waals surface area (Å²) < 4.78 is 10.4. The molecule has 0 radical (unpaired) electrons. The van der Waals surface area contributed by atoms with Gasteiger partial charge in [-0.15, -0.1) is 0 Å². The van der Waals surface area contributed by atoms with E-state index in [0.29, 0.717) is 17.0 Å². The highest BCUT2D eigenvalue weighted by atomic mass is 32.2. The Labute approximate surface area is 165 Å². The summed E-state index contributed by atoms with van der Waals surface area (Å²) in [6.07, 6.45) is 1.59. The molecule has 2 aromatic rings. The van der Waals surface area contributed by atoms with Crippen LogP contribution in [0.4, 0.5) is 10.5 Å². The zero-order valence-electron chi connectivity index (χ0n) is 15.2. The number of benzene rings is 2. The van der Waals surface area contributed by atoms with Crippen molar-refractivity contribution in [2.24, 2.45) is 0 Å². The Kier molecular flexibility index (Phi) is 5.70. The molecular weight excluding hydrogens is 382 g/mol. The van der Waals surface area contributed by atoms with Crippen LogP contribution in [-0.2, 0) is 9.59 Å². The number of aliphatic carboxylic acids is 1. The minimum Gasteiger partial charge on any atom is -0.493 e. The molecule has 0 saturated carbocycles. The van der Waals surface area contributed by atoms with Gasteiger partial charge in [0.05, 0.1) is 17.7 Å². The van der Waals surface area contributed by atoms with Gasteiger partial charge in [-0.1, -0.05) is 18.2 Å². The fraction of sp³-hybridized carbons (Fsp3) is 0.150. The summed E-state index contributed by atoms with van der Waals surface area (Å²) in [4.78, 5) is 37.2. The van der Waals surface area contributed by atoms with E-state index >= 15 is 0 Å². The smallest absolute Gasteiger partial charge is 0.341 e. The van der Waals surface area contributed by atoms with Crippen LogP contribution in [-0.4, -0.2) is 35.9 Å². The third-order valence-corrected chi connectivity index (χ3v) is 4.76. The largest absolute Gasteiger partial charge is 0.493 e. The highest BCUT2D eigenvalue weighted by Gasteiger charge is 2.36. The van der Waals surface area contributed by atoms with Crippen molar-refractivity contribution >= 4 is 40.6 Å². The molecule has 7 nitrogen and oxygen atoms in total. The van der Waals surface area contributed by atoms with E-state index in [1.165, 1.54) is 7.11 Å². The van der Waals surface area contributed by atoms with E-state index in [1.807, 2.05) is 13.0 Å². The van der Waals surface area contributed by atoms with Crippen molar-refractivity contribution in [2.45, 2.75) is 6.92 Å². The molecule has 1 heterocycles. The van der Waals surface area contributed by atoms with E-state index in [0.717, 1.165) is 22.2 Å². The lowest BCUT2D eigenvalue weighted by Gasteiger charge is -2.12. The molecule has 2 aromatic carbocycles. The highest BCUT2D eigenvalue weighted by molar-refractivity contribution is 8.19. The van der Waals surface area contributed by atoms with Gasteiger partial charge in [0.25, 0.3) is 11.1 Å². The lowest BCUT2D eigenvalue weighted by Crippen LogP contribution is -2.27. The molecule has 1 saturated heterocycles. The number of methoxy groups -OCH3 is 1. The monoisotopic (exact) mass is 399 g/mol. The number of carbonyl (C=O) groups excluding carboxylic acids is 2. The van der Waals surface area contributed by atoms with Gasteiger partial charge in [0.1, 0.15) is 0 Å². The van der Waals surface area contributed by atoms with Crippen molar-refractivity contribution in [3.8, 4) is 11.5 Å². The molecule has 28 heavy (non-hydrogen) atoms.